The Morgan fingerprint density at radius 2 is 1.87 bits per heavy atom. The van der Waals surface area contributed by atoms with Crippen LogP contribution >= 0.6 is 0 Å². The van der Waals surface area contributed by atoms with E-state index in [2.05, 4.69) is 42.0 Å². The van der Waals surface area contributed by atoms with Crippen LogP contribution in [0.3, 0.4) is 0 Å². The summed E-state index contributed by atoms with van der Waals surface area (Å²) in [7, 11) is 0. The van der Waals surface area contributed by atoms with Gasteiger partial charge in [-0.3, -0.25) is 4.79 Å². The number of Topliss-reactive ketones (excluding diaryl/α,β-unsaturated/α-hetero) is 1. The highest BCUT2D eigenvalue weighted by Gasteiger charge is 2.27. The Labute approximate surface area is 178 Å². The van der Waals surface area contributed by atoms with Crippen molar-refractivity contribution in [1.29, 1.82) is 0 Å². The summed E-state index contributed by atoms with van der Waals surface area (Å²) < 4.78 is 2.28. The first-order valence-electron chi connectivity index (χ1n) is 10.8. The Bertz CT molecular complexity index is 1100. The number of aromatic nitrogens is 1. The van der Waals surface area contributed by atoms with E-state index in [1.165, 1.54) is 54.3 Å². The number of ketones is 1. The molecule has 0 bridgehead atoms. The molecule has 1 fully saturated rings. The minimum absolute atomic E-state index is 0.254. The van der Waals surface area contributed by atoms with Gasteiger partial charge in [0.05, 0.1) is 5.69 Å². The maximum absolute atomic E-state index is 12.2. The molecule has 3 aromatic rings. The molecule has 0 amide bonds. The third kappa shape index (κ3) is 3.54. The first-order chi connectivity index (χ1) is 14.7. The Hall–Kier alpha value is -2.91. The van der Waals surface area contributed by atoms with Gasteiger partial charge >= 0.3 is 0 Å². The van der Waals surface area contributed by atoms with Gasteiger partial charge in [0.25, 0.3) is 0 Å². The van der Waals surface area contributed by atoms with Crippen LogP contribution in [0.4, 0.5) is 0 Å². The van der Waals surface area contributed by atoms with E-state index in [0.717, 1.165) is 11.1 Å². The Kier molecular flexibility index (Phi) is 6.01. The third-order valence-corrected chi connectivity index (χ3v) is 6.33. The van der Waals surface area contributed by atoms with Gasteiger partial charge in [0.1, 0.15) is 6.61 Å². The molecule has 154 valence electrons. The van der Waals surface area contributed by atoms with Crippen LogP contribution in [-0.4, -0.2) is 22.1 Å². The summed E-state index contributed by atoms with van der Waals surface area (Å²) in [5.74, 6) is 0.245. The summed E-state index contributed by atoms with van der Waals surface area (Å²) in [5, 5.41) is 10.6. The summed E-state index contributed by atoms with van der Waals surface area (Å²) in [6.07, 6.45) is 10.0. The van der Waals surface area contributed by atoms with Crippen molar-refractivity contribution < 1.29 is 9.90 Å². The summed E-state index contributed by atoms with van der Waals surface area (Å²) in [6.45, 7) is 8.20. The molecule has 0 radical (unpaired) electrons. The predicted octanol–water partition coefficient (Wildman–Crippen LogP) is 6.36. The number of benzene rings is 2. The van der Waals surface area contributed by atoms with Crippen LogP contribution in [-0.2, 0) is 6.54 Å². The number of rotatable bonds is 7. The lowest BCUT2D eigenvalue weighted by molar-refractivity contribution is 0.0904. The van der Waals surface area contributed by atoms with Crippen LogP contribution in [0.25, 0.3) is 28.2 Å². The molecule has 1 aliphatic rings. The van der Waals surface area contributed by atoms with E-state index < -0.39 is 6.61 Å². The number of aliphatic hydroxyl groups is 1. The predicted molar refractivity (Wildman–Crippen MR) is 125 cm³/mol. The highest BCUT2D eigenvalue weighted by molar-refractivity contribution is 6.02. The summed E-state index contributed by atoms with van der Waals surface area (Å²) >= 11 is 0. The SMILES string of the molecule is C=CCn1c(-c2ccccc2C=C)c(C2CCCCC2)c2ccc(C(=O)CO)cc21. The van der Waals surface area contributed by atoms with Gasteiger partial charge < -0.3 is 9.67 Å². The first-order valence-corrected chi connectivity index (χ1v) is 10.8. The van der Waals surface area contributed by atoms with Crippen molar-refractivity contribution in [2.45, 2.75) is 44.6 Å². The zero-order chi connectivity index (χ0) is 21.1. The summed E-state index contributed by atoms with van der Waals surface area (Å²) in [5.41, 5.74) is 6.44. The third-order valence-electron chi connectivity index (χ3n) is 6.33. The molecule has 3 heteroatoms. The highest BCUT2D eigenvalue weighted by Crippen LogP contribution is 2.45. The smallest absolute Gasteiger partial charge is 0.188 e. The number of hydrogen-bond acceptors (Lipinski definition) is 2. The summed E-state index contributed by atoms with van der Waals surface area (Å²) in [4.78, 5) is 12.2. The second-order valence-electron chi connectivity index (χ2n) is 8.10. The molecular weight excluding hydrogens is 370 g/mol. The van der Waals surface area contributed by atoms with Crippen molar-refractivity contribution in [2.24, 2.45) is 0 Å². The van der Waals surface area contributed by atoms with E-state index in [1.54, 1.807) is 0 Å². The van der Waals surface area contributed by atoms with Gasteiger partial charge in [-0.25, -0.2) is 0 Å². The molecule has 0 aliphatic heterocycles. The number of aliphatic hydroxyl groups excluding tert-OH is 1. The number of allylic oxidation sites excluding steroid dienone is 1. The molecule has 1 N–H and O–H groups in total. The molecule has 1 saturated carbocycles. The average Bonchev–Trinajstić information content (AvgIpc) is 3.12. The van der Waals surface area contributed by atoms with Gasteiger partial charge in [-0.15, -0.1) is 6.58 Å². The van der Waals surface area contributed by atoms with Crippen LogP contribution in [0.2, 0.25) is 0 Å². The van der Waals surface area contributed by atoms with Crippen LogP contribution < -0.4 is 0 Å². The molecule has 0 spiro atoms. The Morgan fingerprint density at radius 1 is 1.10 bits per heavy atom. The van der Waals surface area contributed by atoms with Crippen LogP contribution in [0, 0.1) is 0 Å². The molecule has 3 nitrogen and oxygen atoms in total. The van der Waals surface area contributed by atoms with Crippen molar-refractivity contribution in [3.63, 3.8) is 0 Å². The van der Waals surface area contributed by atoms with E-state index in [4.69, 9.17) is 0 Å². The van der Waals surface area contributed by atoms with E-state index in [1.807, 2.05) is 30.4 Å². The maximum atomic E-state index is 12.2. The quantitative estimate of drug-likeness (QED) is 0.371. The normalized spacial score (nSPS) is 14.7. The molecule has 1 aliphatic carbocycles. The van der Waals surface area contributed by atoms with Crippen molar-refractivity contribution in [3.8, 4) is 11.3 Å². The van der Waals surface area contributed by atoms with Crippen molar-refractivity contribution in [1.82, 2.24) is 4.57 Å². The fraction of sp³-hybridized carbons (Fsp3) is 0.296. The van der Waals surface area contributed by atoms with Crippen LogP contribution in [0.15, 0.2) is 61.7 Å². The second-order valence-corrected chi connectivity index (χ2v) is 8.10. The monoisotopic (exact) mass is 399 g/mol. The lowest BCUT2D eigenvalue weighted by Crippen LogP contribution is -2.07. The number of hydrogen-bond donors (Lipinski definition) is 1. The van der Waals surface area contributed by atoms with E-state index in [0.29, 0.717) is 18.0 Å². The number of carbonyl (C=O) groups excluding carboxylic acids is 1. The minimum atomic E-state index is -0.477. The molecular formula is C27H29NO2. The highest BCUT2D eigenvalue weighted by atomic mass is 16.3. The second kappa shape index (κ2) is 8.85. The molecule has 0 saturated heterocycles. The largest absolute Gasteiger partial charge is 0.388 e. The first kappa shape index (κ1) is 20.4. The maximum Gasteiger partial charge on any atom is 0.188 e. The molecule has 4 rings (SSSR count). The minimum Gasteiger partial charge on any atom is -0.388 e. The molecule has 2 aromatic carbocycles. The van der Waals surface area contributed by atoms with E-state index in [9.17, 15) is 9.90 Å². The average molecular weight is 400 g/mol. The van der Waals surface area contributed by atoms with Gasteiger partial charge in [-0.2, -0.15) is 0 Å². The number of carbonyl (C=O) groups is 1. The van der Waals surface area contributed by atoms with Crippen LogP contribution in [0.5, 0.6) is 0 Å². The Morgan fingerprint density at radius 3 is 2.57 bits per heavy atom. The van der Waals surface area contributed by atoms with Gasteiger partial charge in [0.2, 0.25) is 0 Å². The lowest BCUT2D eigenvalue weighted by atomic mass is 9.81. The summed E-state index contributed by atoms with van der Waals surface area (Å²) in [6, 6.07) is 14.2. The topological polar surface area (TPSA) is 42.2 Å². The lowest BCUT2D eigenvalue weighted by Gasteiger charge is -2.24. The molecule has 0 atom stereocenters. The van der Waals surface area contributed by atoms with Gasteiger partial charge in [-0.1, -0.05) is 74.4 Å². The number of fused-ring (bicyclic) bond motifs is 1. The Balaban J connectivity index is 2.07. The fourth-order valence-electron chi connectivity index (χ4n) is 4.95. The standard InChI is InChI=1S/C27H29NO2/c1-3-16-28-24-17-21(25(30)18-29)14-15-23(24)26(20-11-6-5-7-12-20)27(28)22-13-9-8-10-19(22)4-2/h3-4,8-10,13-15,17,20,29H,1-2,5-7,11-12,16,18H2. The molecule has 30 heavy (non-hydrogen) atoms. The van der Waals surface area contributed by atoms with Crippen molar-refractivity contribution in [3.05, 3.63) is 78.4 Å². The van der Waals surface area contributed by atoms with E-state index in [-0.39, 0.29) is 5.78 Å². The fourth-order valence-corrected chi connectivity index (χ4v) is 4.95. The van der Waals surface area contributed by atoms with Crippen LogP contribution in [0.1, 0.15) is 59.5 Å². The number of nitrogens with zero attached hydrogens (tertiary/aromatic N) is 1. The molecule has 1 heterocycles. The van der Waals surface area contributed by atoms with Crippen molar-refractivity contribution >= 4 is 22.8 Å². The van der Waals surface area contributed by atoms with Gasteiger partial charge in [-0.05, 0) is 36.0 Å². The molecule has 0 unspecified atom stereocenters. The van der Waals surface area contributed by atoms with Gasteiger partial charge in [0.15, 0.2) is 5.78 Å². The molecule has 1 aromatic heterocycles. The van der Waals surface area contributed by atoms with E-state index >= 15 is 0 Å². The zero-order valence-electron chi connectivity index (χ0n) is 17.4. The zero-order valence-corrected chi connectivity index (χ0v) is 17.4. The van der Waals surface area contributed by atoms with Crippen molar-refractivity contribution in [2.75, 3.05) is 6.61 Å². The van der Waals surface area contributed by atoms with Gasteiger partial charge in [0, 0.05) is 28.6 Å².